The number of nitrogens with one attached hydrogen (secondary N) is 1. The zero-order valence-corrected chi connectivity index (χ0v) is 11.2. The summed E-state index contributed by atoms with van der Waals surface area (Å²) >= 11 is 0. The van der Waals surface area contributed by atoms with Crippen molar-refractivity contribution in [3.05, 3.63) is 29.8 Å². The van der Waals surface area contributed by atoms with Gasteiger partial charge >= 0.3 is 5.97 Å². The summed E-state index contributed by atoms with van der Waals surface area (Å²) in [5.74, 6) is -0.815. The fourth-order valence-corrected chi connectivity index (χ4v) is 2.42. The standard InChI is InChI=1S/C12H17NO4S/c1-3-9(2)8-13-18(16,17)11-6-4-10(5-7-11)12(14)15/h4-7,9,13H,3,8H2,1-2H3,(H,14,15). The molecule has 0 aliphatic heterocycles. The second kappa shape index (κ2) is 5.97. The van der Waals surface area contributed by atoms with E-state index < -0.39 is 16.0 Å². The van der Waals surface area contributed by atoms with E-state index in [0.29, 0.717) is 6.54 Å². The highest BCUT2D eigenvalue weighted by atomic mass is 32.2. The normalized spacial score (nSPS) is 13.2. The molecular weight excluding hydrogens is 254 g/mol. The van der Waals surface area contributed by atoms with Crippen molar-refractivity contribution in [1.29, 1.82) is 0 Å². The largest absolute Gasteiger partial charge is 0.478 e. The van der Waals surface area contributed by atoms with Crippen LogP contribution in [0.2, 0.25) is 0 Å². The van der Waals surface area contributed by atoms with Crippen molar-refractivity contribution in [1.82, 2.24) is 4.72 Å². The Morgan fingerprint density at radius 2 is 1.89 bits per heavy atom. The third-order valence-electron chi connectivity index (χ3n) is 2.73. The Balaban J connectivity index is 2.82. The quantitative estimate of drug-likeness (QED) is 0.825. The van der Waals surface area contributed by atoms with E-state index in [1.165, 1.54) is 24.3 Å². The van der Waals surface area contributed by atoms with Crippen molar-refractivity contribution < 1.29 is 18.3 Å². The van der Waals surface area contributed by atoms with E-state index in [9.17, 15) is 13.2 Å². The number of sulfonamides is 1. The molecule has 5 nitrogen and oxygen atoms in total. The highest BCUT2D eigenvalue weighted by Gasteiger charge is 2.15. The lowest BCUT2D eigenvalue weighted by Gasteiger charge is -2.10. The van der Waals surface area contributed by atoms with Gasteiger partial charge in [-0.1, -0.05) is 20.3 Å². The molecule has 0 saturated heterocycles. The van der Waals surface area contributed by atoms with Crippen LogP contribution in [0.25, 0.3) is 0 Å². The highest BCUT2D eigenvalue weighted by molar-refractivity contribution is 7.89. The molecule has 6 heteroatoms. The Hall–Kier alpha value is -1.40. The number of hydrogen-bond donors (Lipinski definition) is 2. The average molecular weight is 271 g/mol. The minimum absolute atomic E-state index is 0.0656. The smallest absolute Gasteiger partial charge is 0.335 e. The van der Waals surface area contributed by atoms with Crippen molar-refractivity contribution in [2.24, 2.45) is 5.92 Å². The molecule has 18 heavy (non-hydrogen) atoms. The first-order valence-electron chi connectivity index (χ1n) is 5.70. The number of aromatic carboxylic acids is 1. The molecule has 0 amide bonds. The molecule has 0 aliphatic carbocycles. The van der Waals surface area contributed by atoms with Gasteiger partial charge in [0, 0.05) is 6.54 Å². The van der Waals surface area contributed by atoms with Gasteiger partial charge in [-0.15, -0.1) is 0 Å². The zero-order chi connectivity index (χ0) is 13.8. The van der Waals surface area contributed by atoms with Gasteiger partial charge in [0.15, 0.2) is 0 Å². The average Bonchev–Trinajstić information content (AvgIpc) is 2.36. The lowest BCUT2D eigenvalue weighted by molar-refractivity contribution is 0.0696. The summed E-state index contributed by atoms with van der Waals surface area (Å²) in [6, 6.07) is 5.14. The molecule has 0 spiro atoms. The zero-order valence-electron chi connectivity index (χ0n) is 10.4. The molecule has 0 aromatic heterocycles. The SMILES string of the molecule is CCC(C)CNS(=O)(=O)c1ccc(C(=O)O)cc1. The molecule has 1 rings (SSSR count). The Bertz CT molecular complexity index is 507. The Morgan fingerprint density at radius 1 is 1.33 bits per heavy atom. The van der Waals surface area contributed by atoms with Gasteiger partial charge in [-0.3, -0.25) is 0 Å². The fourth-order valence-electron chi connectivity index (χ4n) is 1.26. The number of carboxylic acid groups (broad SMARTS) is 1. The van der Waals surface area contributed by atoms with Crippen molar-refractivity contribution in [2.45, 2.75) is 25.2 Å². The van der Waals surface area contributed by atoms with E-state index in [1.54, 1.807) is 0 Å². The lowest BCUT2D eigenvalue weighted by Crippen LogP contribution is -2.28. The summed E-state index contributed by atoms with van der Waals surface area (Å²) in [5.41, 5.74) is 0.0656. The molecule has 0 aliphatic rings. The molecule has 1 atom stereocenters. The van der Waals surface area contributed by atoms with Crippen LogP contribution in [0.5, 0.6) is 0 Å². The molecular formula is C12H17NO4S. The van der Waals surface area contributed by atoms with Crippen LogP contribution in [0.4, 0.5) is 0 Å². The molecule has 0 bridgehead atoms. The summed E-state index contributed by atoms with van der Waals surface area (Å²) < 4.78 is 26.2. The molecule has 2 N–H and O–H groups in total. The van der Waals surface area contributed by atoms with Crippen molar-refractivity contribution >= 4 is 16.0 Å². The van der Waals surface area contributed by atoms with E-state index in [4.69, 9.17) is 5.11 Å². The predicted molar refractivity (Wildman–Crippen MR) is 68.0 cm³/mol. The van der Waals surface area contributed by atoms with Gasteiger partial charge in [0.2, 0.25) is 10.0 Å². The molecule has 1 unspecified atom stereocenters. The van der Waals surface area contributed by atoms with E-state index in [2.05, 4.69) is 4.72 Å². The molecule has 0 saturated carbocycles. The number of carbonyl (C=O) groups is 1. The molecule has 1 aromatic carbocycles. The molecule has 0 heterocycles. The van der Waals surface area contributed by atoms with E-state index >= 15 is 0 Å². The van der Waals surface area contributed by atoms with Gasteiger partial charge < -0.3 is 5.11 Å². The van der Waals surface area contributed by atoms with Crippen LogP contribution in [0.3, 0.4) is 0 Å². The lowest BCUT2D eigenvalue weighted by atomic mass is 10.1. The van der Waals surface area contributed by atoms with E-state index in [0.717, 1.165) is 6.42 Å². The minimum atomic E-state index is -3.55. The van der Waals surface area contributed by atoms with Gasteiger partial charge in [-0.05, 0) is 30.2 Å². The first-order valence-corrected chi connectivity index (χ1v) is 7.18. The van der Waals surface area contributed by atoms with Crippen LogP contribution in [0, 0.1) is 5.92 Å². The maximum Gasteiger partial charge on any atom is 0.335 e. The summed E-state index contributed by atoms with van der Waals surface area (Å²) in [4.78, 5) is 10.7. The van der Waals surface area contributed by atoms with E-state index in [1.807, 2.05) is 13.8 Å². The van der Waals surface area contributed by atoms with Gasteiger partial charge in [-0.25, -0.2) is 17.9 Å². The van der Waals surface area contributed by atoms with Crippen LogP contribution in [0.15, 0.2) is 29.2 Å². The van der Waals surface area contributed by atoms with Crippen molar-refractivity contribution in [3.8, 4) is 0 Å². The highest BCUT2D eigenvalue weighted by Crippen LogP contribution is 2.11. The van der Waals surface area contributed by atoms with Crippen LogP contribution < -0.4 is 4.72 Å². The summed E-state index contributed by atoms with van der Waals surface area (Å²) in [5, 5.41) is 8.72. The van der Waals surface area contributed by atoms with Crippen LogP contribution in [0.1, 0.15) is 30.6 Å². The Kier molecular flexibility index (Phi) is 4.86. The van der Waals surface area contributed by atoms with E-state index in [-0.39, 0.29) is 16.4 Å². The van der Waals surface area contributed by atoms with Crippen molar-refractivity contribution in [2.75, 3.05) is 6.54 Å². The van der Waals surface area contributed by atoms with Gasteiger partial charge in [0.25, 0.3) is 0 Å². The van der Waals surface area contributed by atoms with Crippen molar-refractivity contribution in [3.63, 3.8) is 0 Å². The first kappa shape index (κ1) is 14.7. The summed E-state index contributed by atoms with van der Waals surface area (Å²) in [6.45, 7) is 4.32. The molecule has 0 radical (unpaired) electrons. The maximum absolute atomic E-state index is 11.9. The second-order valence-corrected chi connectivity index (χ2v) is 5.96. The fraction of sp³-hybridized carbons (Fsp3) is 0.417. The minimum Gasteiger partial charge on any atom is -0.478 e. The second-order valence-electron chi connectivity index (χ2n) is 4.19. The number of hydrogen-bond acceptors (Lipinski definition) is 3. The molecule has 100 valence electrons. The van der Waals surface area contributed by atoms with Crippen LogP contribution in [-0.2, 0) is 10.0 Å². The van der Waals surface area contributed by atoms with Crippen LogP contribution >= 0.6 is 0 Å². The first-order chi connectivity index (χ1) is 8.36. The van der Waals surface area contributed by atoms with Gasteiger partial charge in [0.05, 0.1) is 10.5 Å². The van der Waals surface area contributed by atoms with Gasteiger partial charge in [0.1, 0.15) is 0 Å². The third-order valence-corrected chi connectivity index (χ3v) is 4.17. The summed E-state index contributed by atoms with van der Waals surface area (Å²) in [6.07, 6.45) is 0.889. The molecule has 0 fully saturated rings. The molecule has 1 aromatic rings. The monoisotopic (exact) mass is 271 g/mol. The Morgan fingerprint density at radius 3 is 2.33 bits per heavy atom. The number of rotatable bonds is 6. The third kappa shape index (κ3) is 3.82. The number of carboxylic acids is 1. The van der Waals surface area contributed by atoms with Crippen LogP contribution in [-0.4, -0.2) is 26.0 Å². The van der Waals surface area contributed by atoms with Gasteiger partial charge in [-0.2, -0.15) is 0 Å². The number of benzene rings is 1. The topological polar surface area (TPSA) is 83.5 Å². The predicted octanol–water partition coefficient (Wildman–Crippen LogP) is 1.71. The Labute approximate surface area is 107 Å². The summed E-state index contributed by atoms with van der Waals surface area (Å²) in [7, 11) is -3.55. The maximum atomic E-state index is 11.9.